The third kappa shape index (κ3) is 10.6. The van der Waals surface area contributed by atoms with Crippen molar-refractivity contribution < 1.29 is 20.3 Å². The second-order valence-electron chi connectivity index (χ2n) is 1.26. The number of nitrogens with zero attached hydrogens (tertiary/aromatic N) is 6. The quantitative estimate of drug-likeness (QED) is 0.142. The monoisotopic (exact) mass is 166 g/mol. The van der Waals surface area contributed by atoms with Gasteiger partial charge in [-0.2, -0.15) is 0 Å². The van der Waals surface area contributed by atoms with Gasteiger partial charge in [-0.25, -0.2) is 0 Å². The Morgan fingerprint density at radius 3 is 1.90 bits per heavy atom. The van der Waals surface area contributed by atoms with Crippen molar-refractivity contribution in [3.8, 4) is 0 Å². The van der Waals surface area contributed by atoms with Gasteiger partial charge in [0, 0.05) is 0 Å². The molecule has 0 heterocycles. The van der Waals surface area contributed by atoms with Crippen LogP contribution in [0.1, 0.15) is 1.43 Å². The summed E-state index contributed by atoms with van der Waals surface area (Å²) in [5, 5.41) is 0. The van der Waals surface area contributed by atoms with E-state index in [0.717, 1.165) is 5.67 Å². The van der Waals surface area contributed by atoms with Gasteiger partial charge in [0.15, 0.2) is 0 Å². The van der Waals surface area contributed by atoms with E-state index in [2.05, 4.69) is 19.4 Å². The minimum absolute atomic E-state index is 0. The van der Waals surface area contributed by atoms with Crippen LogP contribution in [-0.2, 0) is 0 Å². The first-order valence-electron chi connectivity index (χ1n) is 2.43. The minimum Gasteiger partial charge on any atom is -1.00 e. The van der Waals surface area contributed by atoms with Gasteiger partial charge in [0.2, 0.25) is 0 Å². The molecule has 9 heteroatoms. The van der Waals surface area contributed by atoms with E-state index in [4.69, 9.17) is 11.1 Å². The number of hydrogen-bond donors (Lipinski definition) is 0. The van der Waals surface area contributed by atoms with Crippen LogP contribution in [0.3, 0.4) is 0 Å². The van der Waals surface area contributed by atoms with Crippen LogP contribution in [0.15, 0.2) is 9.56 Å². The molecule has 0 aliphatic rings. The largest absolute Gasteiger partial charge is 1.00 e. The van der Waals surface area contributed by atoms with E-state index in [1.807, 2.05) is 0 Å². The van der Waals surface area contributed by atoms with Gasteiger partial charge in [-0.15, -0.1) is 9.56 Å². The van der Waals surface area contributed by atoms with Gasteiger partial charge >= 0.3 is 18.9 Å². The molecule has 0 saturated heterocycles. The summed E-state index contributed by atoms with van der Waals surface area (Å²) in [6.45, 7) is 0. The van der Waals surface area contributed by atoms with E-state index in [9.17, 15) is 0 Å². The van der Waals surface area contributed by atoms with Crippen molar-refractivity contribution in [2.24, 2.45) is 9.56 Å². The molecular formula is CH7LiN6Si2. The minimum atomic E-state index is -0.604. The number of azide groups is 2. The van der Waals surface area contributed by atoms with Crippen LogP contribution in [-0.4, -0.2) is 19.4 Å². The van der Waals surface area contributed by atoms with E-state index in [-0.39, 0.29) is 20.3 Å². The second-order valence-corrected chi connectivity index (χ2v) is 5.55. The van der Waals surface area contributed by atoms with Gasteiger partial charge in [-0.1, -0.05) is 5.67 Å². The van der Waals surface area contributed by atoms with Gasteiger partial charge in [-0.05, 0) is 20.9 Å². The molecule has 0 rings (SSSR count). The molecule has 0 aromatic heterocycles. The maximum atomic E-state index is 7.83. The Morgan fingerprint density at radius 1 is 1.20 bits per heavy atom. The summed E-state index contributed by atoms with van der Waals surface area (Å²) in [5.41, 5.74) is 16.6. The maximum Gasteiger partial charge on any atom is 1.00 e. The van der Waals surface area contributed by atoms with Crippen molar-refractivity contribution in [2.45, 2.75) is 5.67 Å². The molecule has 0 unspecified atom stereocenters. The summed E-state index contributed by atoms with van der Waals surface area (Å²) in [4.78, 5) is 5.21. The predicted octanol–water partition coefficient (Wildman–Crippen LogP) is -2.73. The topological polar surface area (TPSA) is 97.5 Å². The van der Waals surface area contributed by atoms with Crippen LogP contribution >= 0.6 is 0 Å². The Morgan fingerprint density at radius 2 is 1.60 bits per heavy atom. The van der Waals surface area contributed by atoms with E-state index in [1.165, 1.54) is 0 Å². The van der Waals surface area contributed by atoms with Crippen LogP contribution in [0.5, 0.6) is 0 Å². The first-order chi connectivity index (χ1) is 4.41. The zero-order valence-electron chi connectivity index (χ0n) is 6.80. The molecular weight excluding hydrogens is 159 g/mol. The molecule has 0 spiro atoms. The third-order valence-corrected chi connectivity index (χ3v) is 3.83. The molecule has 0 fully saturated rings. The average Bonchev–Trinajstić information content (AvgIpc) is 1.89. The molecule has 10 heavy (non-hydrogen) atoms. The van der Waals surface area contributed by atoms with E-state index in [0.29, 0.717) is 0 Å². The van der Waals surface area contributed by atoms with E-state index in [1.54, 1.807) is 0 Å². The van der Waals surface area contributed by atoms with Crippen molar-refractivity contribution in [1.29, 1.82) is 0 Å². The van der Waals surface area contributed by atoms with Gasteiger partial charge in [0.25, 0.3) is 0 Å². The first-order valence-corrected chi connectivity index (χ1v) is 5.70. The Labute approximate surface area is 76.1 Å². The molecule has 0 atom stereocenters. The fraction of sp³-hybridized carbons (Fsp3) is 1.00. The van der Waals surface area contributed by atoms with Crippen LogP contribution < -0.4 is 18.9 Å². The number of rotatable bonds is 4. The number of hydrogen-bond acceptors (Lipinski definition) is 2. The second kappa shape index (κ2) is 11.4. The zero-order chi connectivity index (χ0) is 6.95. The summed E-state index contributed by atoms with van der Waals surface area (Å²) in [7, 11) is -1.21. The third-order valence-electron chi connectivity index (χ3n) is 0.643. The van der Waals surface area contributed by atoms with E-state index < -0.39 is 19.4 Å². The van der Waals surface area contributed by atoms with Crippen LogP contribution in [0.2, 0.25) is 5.67 Å². The summed E-state index contributed by atoms with van der Waals surface area (Å²) < 4.78 is 6.83. The molecule has 0 aliphatic carbocycles. The molecule has 50 valence electrons. The Hall–Kier alpha value is -0.349. The Balaban J connectivity index is -0.000000320. The van der Waals surface area contributed by atoms with Crippen molar-refractivity contribution in [3.05, 3.63) is 20.9 Å². The Bertz CT molecular complexity index is 144. The fourth-order valence-electron chi connectivity index (χ4n) is 0.302. The van der Waals surface area contributed by atoms with Crippen molar-refractivity contribution >= 4 is 19.4 Å². The zero-order valence-corrected chi connectivity index (χ0v) is 8.63. The van der Waals surface area contributed by atoms with Crippen LogP contribution in [0, 0.1) is 0 Å². The van der Waals surface area contributed by atoms with Crippen molar-refractivity contribution in [2.75, 3.05) is 0 Å². The average molecular weight is 166 g/mol. The van der Waals surface area contributed by atoms with Crippen LogP contribution in [0.25, 0.3) is 20.9 Å². The Kier molecular flexibility index (Phi) is 14.1. The van der Waals surface area contributed by atoms with Crippen LogP contribution in [0.4, 0.5) is 0 Å². The molecule has 0 amide bonds. The smallest absolute Gasteiger partial charge is 1.00 e. The molecule has 0 N–H and O–H groups in total. The fourth-order valence-corrected chi connectivity index (χ4v) is 2.18. The summed E-state index contributed by atoms with van der Waals surface area (Å²) in [5.74, 6) is 0. The maximum absolute atomic E-state index is 7.83. The summed E-state index contributed by atoms with van der Waals surface area (Å²) in [6, 6.07) is 0. The standard InChI is InChI=1S/CH6N6Si2.Li.H/c2-4-6-8-1-9-7-5-3;;/h1,8-9H2;;/q;+1;-1. The SMILES string of the molecule is [H-].[Li+].[N-]=[N+]=N[SiH2]C[SiH2]N=[N+]=[N-]. The summed E-state index contributed by atoms with van der Waals surface area (Å²) >= 11 is 0. The molecule has 0 radical (unpaired) electrons. The molecule has 0 saturated carbocycles. The first kappa shape index (κ1) is 12.3. The molecule has 0 aromatic rings. The normalized spacial score (nSPS) is 8.80. The molecule has 0 aromatic carbocycles. The van der Waals surface area contributed by atoms with Gasteiger partial charge in [-0.3, -0.25) is 0 Å². The summed E-state index contributed by atoms with van der Waals surface area (Å²) in [6.07, 6.45) is 0. The molecule has 0 aliphatic heterocycles. The van der Waals surface area contributed by atoms with E-state index >= 15 is 0 Å². The van der Waals surface area contributed by atoms with Crippen molar-refractivity contribution in [1.82, 2.24) is 0 Å². The molecule has 0 bridgehead atoms. The van der Waals surface area contributed by atoms with Gasteiger partial charge in [0.05, 0.1) is 0 Å². The van der Waals surface area contributed by atoms with Gasteiger partial charge in [0.1, 0.15) is 19.4 Å². The predicted molar refractivity (Wildman–Crippen MR) is 41.3 cm³/mol. The molecule has 6 nitrogen and oxygen atoms in total. The van der Waals surface area contributed by atoms with Gasteiger partial charge < -0.3 is 1.43 Å². The van der Waals surface area contributed by atoms with Crippen molar-refractivity contribution in [3.63, 3.8) is 0 Å².